The zero-order valence-electron chi connectivity index (χ0n) is 16.7. The third-order valence-corrected chi connectivity index (χ3v) is 7.88. The van der Waals surface area contributed by atoms with Crippen molar-refractivity contribution in [2.24, 2.45) is 0 Å². The van der Waals surface area contributed by atoms with Gasteiger partial charge in [-0.25, -0.2) is 0 Å². The van der Waals surface area contributed by atoms with Crippen LogP contribution in [0.25, 0.3) is 0 Å². The van der Waals surface area contributed by atoms with Gasteiger partial charge in [-0.1, -0.05) is 0 Å². The van der Waals surface area contributed by atoms with Crippen LogP contribution in [0.4, 0.5) is 61.5 Å². The van der Waals surface area contributed by atoms with Gasteiger partial charge in [0.15, 0.2) is 0 Å². The van der Waals surface area contributed by atoms with Crippen LogP contribution in [0.15, 0.2) is 0 Å². The summed E-state index contributed by atoms with van der Waals surface area (Å²) in [4.78, 5) is 0. The van der Waals surface area contributed by atoms with Crippen molar-refractivity contribution >= 4 is 8.56 Å². The van der Waals surface area contributed by atoms with Crippen LogP contribution < -0.4 is 0 Å². The molecule has 0 radical (unpaired) electrons. The highest BCUT2D eigenvalue weighted by Crippen LogP contribution is 2.48. The summed E-state index contributed by atoms with van der Waals surface area (Å²) in [5.74, 6) is -13.0. The molecule has 0 N–H and O–H groups in total. The van der Waals surface area contributed by atoms with Gasteiger partial charge >= 0.3 is 45.0 Å². The maximum atomic E-state index is 13.0. The SMILES string of the molecule is CO[Si](CCCOC(F)(F)C(F)(F)C(F)(F)F)(CCCOC(F)(F)C(F)(F)C(F)(F)F)OC. The van der Waals surface area contributed by atoms with Gasteiger partial charge in [-0.3, -0.25) is 0 Å². The van der Waals surface area contributed by atoms with Gasteiger partial charge in [-0.15, -0.1) is 0 Å². The van der Waals surface area contributed by atoms with Crippen molar-refractivity contribution < 1.29 is 79.8 Å². The lowest BCUT2D eigenvalue weighted by atomic mass is 10.3. The molecule has 0 rings (SSSR count). The Bertz CT molecular complexity index is 556. The molecule has 4 nitrogen and oxygen atoms in total. The number of halogens is 14. The highest BCUT2D eigenvalue weighted by molar-refractivity contribution is 6.67. The molecule has 0 saturated heterocycles. The third kappa shape index (κ3) is 7.53. The molecule has 0 aliphatic rings. The first-order valence-electron chi connectivity index (χ1n) is 8.56. The van der Waals surface area contributed by atoms with Crippen molar-refractivity contribution in [3.05, 3.63) is 0 Å². The maximum absolute atomic E-state index is 13.0. The minimum absolute atomic E-state index is 0.442. The average molecular weight is 544 g/mol. The molecule has 0 amide bonds. The molecule has 0 atom stereocenters. The second-order valence-electron chi connectivity index (χ2n) is 6.40. The van der Waals surface area contributed by atoms with E-state index in [2.05, 4.69) is 9.47 Å². The Morgan fingerprint density at radius 2 is 0.788 bits per heavy atom. The fourth-order valence-electron chi connectivity index (χ4n) is 2.21. The van der Waals surface area contributed by atoms with Crippen molar-refractivity contribution in [3.8, 4) is 0 Å². The monoisotopic (exact) mass is 544 g/mol. The van der Waals surface area contributed by atoms with Crippen molar-refractivity contribution in [1.82, 2.24) is 0 Å². The van der Waals surface area contributed by atoms with E-state index in [1.807, 2.05) is 0 Å². The number of rotatable bonds is 14. The van der Waals surface area contributed by atoms with Gasteiger partial charge in [-0.2, -0.15) is 61.5 Å². The minimum Gasteiger partial charge on any atom is -0.398 e. The van der Waals surface area contributed by atoms with E-state index in [-0.39, 0.29) is 0 Å². The average Bonchev–Trinajstić information content (AvgIpc) is 2.65. The summed E-state index contributed by atoms with van der Waals surface area (Å²) in [7, 11) is -1.63. The molecule has 0 aliphatic heterocycles. The predicted octanol–water partition coefficient (Wildman–Crippen LogP) is 6.12. The Kier molecular flexibility index (Phi) is 10.5. The molecule has 0 aromatic heterocycles. The lowest BCUT2D eigenvalue weighted by molar-refractivity contribution is -0.424. The van der Waals surface area contributed by atoms with Crippen LogP contribution >= 0.6 is 0 Å². The van der Waals surface area contributed by atoms with E-state index >= 15 is 0 Å². The zero-order chi connectivity index (χ0) is 26.6. The van der Waals surface area contributed by atoms with Gasteiger partial charge in [-0.05, 0) is 24.9 Å². The fraction of sp³-hybridized carbons (Fsp3) is 1.00. The molecule has 0 saturated carbocycles. The number of hydrogen-bond donors (Lipinski definition) is 0. The van der Waals surface area contributed by atoms with E-state index in [1.54, 1.807) is 0 Å². The largest absolute Gasteiger partial charge is 0.462 e. The molecule has 0 unspecified atom stereocenters. The Morgan fingerprint density at radius 1 is 0.515 bits per heavy atom. The van der Waals surface area contributed by atoms with Crippen molar-refractivity contribution in [2.45, 2.75) is 61.3 Å². The van der Waals surface area contributed by atoms with Crippen LogP contribution in [0.5, 0.6) is 0 Å². The molecule has 0 aromatic carbocycles. The van der Waals surface area contributed by atoms with Crippen LogP contribution in [0.2, 0.25) is 12.1 Å². The number of hydrogen-bond acceptors (Lipinski definition) is 4. The molecule has 0 heterocycles. The smallest absolute Gasteiger partial charge is 0.398 e. The summed E-state index contributed by atoms with van der Waals surface area (Å²) in [5, 5.41) is 0. The molecule has 0 fully saturated rings. The number of ether oxygens (including phenoxy) is 2. The molecule has 33 heavy (non-hydrogen) atoms. The van der Waals surface area contributed by atoms with Crippen LogP contribution in [0.1, 0.15) is 12.8 Å². The summed E-state index contributed by atoms with van der Waals surface area (Å²) in [5.41, 5.74) is 0. The normalized spacial score (nSPS) is 15.3. The Hall–Kier alpha value is -0.923. The lowest BCUT2D eigenvalue weighted by Gasteiger charge is -2.30. The highest BCUT2D eigenvalue weighted by atomic mass is 28.4. The molecule has 0 aromatic rings. The van der Waals surface area contributed by atoms with Crippen LogP contribution in [0, 0.1) is 0 Å². The predicted molar refractivity (Wildman–Crippen MR) is 82.4 cm³/mol. The van der Waals surface area contributed by atoms with E-state index in [1.165, 1.54) is 0 Å². The topological polar surface area (TPSA) is 36.9 Å². The Morgan fingerprint density at radius 3 is 1.00 bits per heavy atom. The summed E-state index contributed by atoms with van der Waals surface area (Å²) >= 11 is 0. The molecule has 0 spiro atoms. The van der Waals surface area contributed by atoms with Crippen LogP contribution in [-0.2, 0) is 18.3 Å². The molecular formula is C14H18F14O4Si. The van der Waals surface area contributed by atoms with Crippen molar-refractivity contribution in [2.75, 3.05) is 27.4 Å². The molecule has 0 aliphatic carbocycles. The number of alkyl halides is 14. The third-order valence-electron chi connectivity index (χ3n) is 4.16. The summed E-state index contributed by atoms with van der Waals surface area (Å²) in [6.45, 7) is -2.71. The Balaban J connectivity index is 4.85. The first-order chi connectivity index (χ1) is 14.5. The van der Waals surface area contributed by atoms with Gasteiger partial charge in [0.1, 0.15) is 0 Å². The van der Waals surface area contributed by atoms with Gasteiger partial charge in [0.05, 0.1) is 13.2 Å². The first-order valence-corrected chi connectivity index (χ1v) is 10.8. The molecule has 19 heteroatoms. The van der Waals surface area contributed by atoms with Crippen LogP contribution in [0.3, 0.4) is 0 Å². The maximum Gasteiger partial charge on any atom is 0.462 e. The van der Waals surface area contributed by atoms with E-state index < -0.39 is 83.1 Å². The summed E-state index contributed by atoms with van der Waals surface area (Å²) < 4.78 is 192. The molecule has 0 bridgehead atoms. The highest BCUT2D eigenvalue weighted by Gasteiger charge is 2.75. The first kappa shape index (κ1) is 32.1. The van der Waals surface area contributed by atoms with Gasteiger partial charge < -0.3 is 18.3 Å². The zero-order valence-corrected chi connectivity index (χ0v) is 17.7. The van der Waals surface area contributed by atoms with E-state index in [4.69, 9.17) is 8.85 Å². The molecular weight excluding hydrogens is 526 g/mol. The van der Waals surface area contributed by atoms with E-state index in [9.17, 15) is 61.5 Å². The molecule has 200 valence electrons. The standard InChI is InChI=1S/C14H18F14O4Si/c1-29-33(30-2,7-3-5-31-13(25,26)9(15,16)11(19,20)21)8-4-6-32-14(27,28)10(17,18)12(22,23)24/h3-8H2,1-2H3. The van der Waals surface area contributed by atoms with Crippen LogP contribution in [-0.4, -0.2) is 72.4 Å². The fourth-order valence-corrected chi connectivity index (χ4v) is 4.81. The minimum atomic E-state index is -6.61. The second-order valence-corrected chi connectivity index (χ2v) is 10.0. The van der Waals surface area contributed by atoms with Crippen molar-refractivity contribution in [1.29, 1.82) is 0 Å². The van der Waals surface area contributed by atoms with Gasteiger partial charge in [0.2, 0.25) is 0 Å². The quantitative estimate of drug-likeness (QED) is 0.150. The Labute approximate surface area is 178 Å². The lowest BCUT2D eigenvalue weighted by Crippen LogP contribution is -2.53. The summed E-state index contributed by atoms with van der Waals surface area (Å²) in [6, 6.07) is -0.883. The van der Waals surface area contributed by atoms with E-state index in [0.717, 1.165) is 14.2 Å². The van der Waals surface area contributed by atoms with E-state index in [0.29, 0.717) is 0 Å². The van der Waals surface area contributed by atoms with Crippen molar-refractivity contribution in [3.63, 3.8) is 0 Å². The van der Waals surface area contributed by atoms with Gasteiger partial charge in [0, 0.05) is 14.2 Å². The summed E-state index contributed by atoms with van der Waals surface area (Å²) in [6.07, 6.45) is -26.4. The van der Waals surface area contributed by atoms with Gasteiger partial charge in [0.25, 0.3) is 0 Å². The second kappa shape index (κ2) is 10.8.